The fourth-order valence-electron chi connectivity index (χ4n) is 2.89. The molecule has 6 nitrogen and oxygen atoms in total. The normalized spacial score (nSPS) is 14.4. The minimum absolute atomic E-state index is 0.145. The molecular weight excluding hydrogens is 366 g/mol. The van der Waals surface area contributed by atoms with Gasteiger partial charge >= 0.3 is 11.8 Å². The van der Waals surface area contributed by atoms with Crippen molar-refractivity contribution in [1.82, 2.24) is 15.1 Å². The second-order valence-corrected chi connectivity index (χ2v) is 6.71. The van der Waals surface area contributed by atoms with Gasteiger partial charge in [-0.05, 0) is 17.2 Å². The summed E-state index contributed by atoms with van der Waals surface area (Å²) in [6.45, 7) is 1.24. The Morgan fingerprint density at radius 2 is 1.56 bits per heavy atom. The third kappa shape index (κ3) is 4.86. The van der Waals surface area contributed by atoms with Crippen molar-refractivity contribution in [2.24, 2.45) is 0 Å². The molecule has 1 aliphatic rings. The van der Waals surface area contributed by atoms with Crippen LogP contribution in [0, 0.1) is 0 Å². The highest BCUT2D eigenvalue weighted by Gasteiger charge is 2.33. The van der Waals surface area contributed by atoms with E-state index in [-0.39, 0.29) is 19.0 Å². The minimum Gasteiger partial charge on any atom is -0.350 e. The van der Waals surface area contributed by atoms with Crippen molar-refractivity contribution in [2.75, 3.05) is 19.6 Å². The van der Waals surface area contributed by atoms with Crippen molar-refractivity contribution in [3.8, 4) is 0 Å². The molecule has 0 aromatic heterocycles. The van der Waals surface area contributed by atoms with Crippen LogP contribution in [0.4, 0.5) is 0 Å². The van der Waals surface area contributed by atoms with Gasteiger partial charge in [0.1, 0.15) is 6.54 Å². The Labute approximate surface area is 162 Å². The Morgan fingerprint density at radius 3 is 2.30 bits per heavy atom. The fourth-order valence-corrected chi connectivity index (χ4v) is 3.09. The van der Waals surface area contributed by atoms with E-state index in [1.807, 2.05) is 48.5 Å². The van der Waals surface area contributed by atoms with Crippen LogP contribution in [0.15, 0.2) is 54.6 Å². The quantitative estimate of drug-likeness (QED) is 0.771. The number of carbonyl (C=O) groups excluding carboxylic acids is 3. The maximum Gasteiger partial charge on any atom is 0.312 e. The van der Waals surface area contributed by atoms with Crippen LogP contribution in [0.2, 0.25) is 5.02 Å². The van der Waals surface area contributed by atoms with Crippen molar-refractivity contribution in [3.05, 3.63) is 70.7 Å². The molecule has 27 heavy (non-hydrogen) atoms. The van der Waals surface area contributed by atoms with Gasteiger partial charge in [-0.25, -0.2) is 0 Å². The highest BCUT2D eigenvalue weighted by atomic mass is 35.5. The van der Waals surface area contributed by atoms with E-state index in [0.717, 1.165) is 11.1 Å². The highest BCUT2D eigenvalue weighted by Crippen LogP contribution is 2.14. The van der Waals surface area contributed by atoms with Gasteiger partial charge in [0.2, 0.25) is 5.91 Å². The summed E-state index contributed by atoms with van der Waals surface area (Å²) in [6, 6.07) is 16.7. The van der Waals surface area contributed by atoms with Crippen molar-refractivity contribution in [2.45, 2.75) is 13.1 Å². The summed E-state index contributed by atoms with van der Waals surface area (Å²) >= 11 is 6.06. The van der Waals surface area contributed by atoms with E-state index >= 15 is 0 Å². The largest absolute Gasteiger partial charge is 0.350 e. The first kappa shape index (κ1) is 18.9. The predicted octanol–water partition coefficient (Wildman–Crippen LogP) is 1.83. The summed E-state index contributed by atoms with van der Waals surface area (Å²) in [4.78, 5) is 39.6. The number of carbonyl (C=O) groups is 3. The first-order valence-corrected chi connectivity index (χ1v) is 9.04. The van der Waals surface area contributed by atoms with E-state index < -0.39 is 11.8 Å². The second kappa shape index (κ2) is 8.68. The number of piperazine rings is 1. The molecule has 0 aliphatic carbocycles. The lowest BCUT2D eigenvalue weighted by atomic mass is 10.2. The van der Waals surface area contributed by atoms with E-state index in [1.54, 1.807) is 6.07 Å². The number of benzene rings is 2. The molecule has 0 radical (unpaired) electrons. The Bertz CT molecular complexity index is 841. The van der Waals surface area contributed by atoms with E-state index in [1.165, 1.54) is 9.80 Å². The van der Waals surface area contributed by atoms with Crippen LogP contribution in [0.1, 0.15) is 11.1 Å². The summed E-state index contributed by atoms with van der Waals surface area (Å²) in [7, 11) is 0. The number of nitrogens with zero attached hydrogens (tertiary/aromatic N) is 2. The molecule has 3 amide bonds. The number of hydrogen-bond acceptors (Lipinski definition) is 3. The fraction of sp³-hybridized carbons (Fsp3) is 0.250. The smallest absolute Gasteiger partial charge is 0.312 e. The van der Waals surface area contributed by atoms with E-state index in [2.05, 4.69) is 5.32 Å². The van der Waals surface area contributed by atoms with E-state index in [0.29, 0.717) is 24.7 Å². The van der Waals surface area contributed by atoms with Crippen LogP contribution < -0.4 is 5.32 Å². The lowest BCUT2D eigenvalue weighted by Gasteiger charge is -2.33. The number of rotatable bonds is 6. The minimum atomic E-state index is -0.648. The summed E-state index contributed by atoms with van der Waals surface area (Å²) < 4.78 is 0. The zero-order valence-corrected chi connectivity index (χ0v) is 15.5. The molecule has 3 rings (SSSR count). The molecule has 1 N–H and O–H groups in total. The summed E-state index contributed by atoms with van der Waals surface area (Å²) in [5, 5.41) is 3.30. The summed E-state index contributed by atoms with van der Waals surface area (Å²) in [5.74, 6) is -1.55. The molecule has 1 saturated heterocycles. The summed E-state index contributed by atoms with van der Waals surface area (Å²) in [5.41, 5.74) is 1.76. The van der Waals surface area contributed by atoms with Crippen LogP contribution in [0.3, 0.4) is 0 Å². The molecule has 0 unspecified atom stereocenters. The lowest BCUT2D eigenvalue weighted by Crippen LogP contribution is -2.55. The van der Waals surface area contributed by atoms with Gasteiger partial charge in [-0.2, -0.15) is 0 Å². The first-order valence-electron chi connectivity index (χ1n) is 8.67. The maximum absolute atomic E-state index is 12.3. The Kier molecular flexibility index (Phi) is 6.08. The molecule has 1 fully saturated rings. The van der Waals surface area contributed by atoms with Gasteiger partial charge in [-0.3, -0.25) is 14.4 Å². The third-order valence-electron chi connectivity index (χ3n) is 4.38. The average molecular weight is 386 g/mol. The van der Waals surface area contributed by atoms with Crippen LogP contribution in [0.5, 0.6) is 0 Å². The van der Waals surface area contributed by atoms with Gasteiger partial charge in [0.05, 0.1) is 0 Å². The molecule has 2 aromatic rings. The molecule has 2 aromatic carbocycles. The Balaban J connectivity index is 1.51. The van der Waals surface area contributed by atoms with Gasteiger partial charge in [-0.15, -0.1) is 0 Å². The highest BCUT2D eigenvalue weighted by molar-refractivity contribution is 6.35. The average Bonchev–Trinajstić information content (AvgIpc) is 2.68. The predicted molar refractivity (Wildman–Crippen MR) is 102 cm³/mol. The Hall–Kier alpha value is -2.86. The van der Waals surface area contributed by atoms with Crippen LogP contribution in [-0.2, 0) is 27.5 Å². The molecule has 0 saturated carbocycles. The number of hydrogen-bond donors (Lipinski definition) is 1. The van der Waals surface area contributed by atoms with Gasteiger partial charge in [-0.1, -0.05) is 60.1 Å². The topological polar surface area (TPSA) is 69.7 Å². The molecule has 0 bridgehead atoms. The van der Waals surface area contributed by atoms with Gasteiger partial charge < -0.3 is 15.1 Å². The van der Waals surface area contributed by atoms with Crippen LogP contribution >= 0.6 is 11.6 Å². The zero-order chi connectivity index (χ0) is 19.2. The molecule has 0 atom stereocenters. The van der Waals surface area contributed by atoms with Crippen molar-refractivity contribution >= 4 is 29.3 Å². The molecule has 1 heterocycles. The molecule has 7 heteroatoms. The molecular formula is C20H20ClN3O3. The second-order valence-electron chi connectivity index (χ2n) is 6.31. The van der Waals surface area contributed by atoms with Gasteiger partial charge in [0.25, 0.3) is 0 Å². The van der Waals surface area contributed by atoms with Crippen LogP contribution in [-0.4, -0.2) is 47.2 Å². The molecule has 0 spiro atoms. The first-order chi connectivity index (χ1) is 13.0. The number of amides is 3. The molecule has 140 valence electrons. The number of nitrogens with one attached hydrogen (secondary N) is 1. The maximum atomic E-state index is 12.3. The van der Waals surface area contributed by atoms with Crippen molar-refractivity contribution < 1.29 is 14.4 Å². The number of halogens is 1. The van der Waals surface area contributed by atoms with Crippen LogP contribution in [0.25, 0.3) is 0 Å². The summed E-state index contributed by atoms with van der Waals surface area (Å²) in [6.07, 6.45) is 0. The van der Waals surface area contributed by atoms with E-state index in [4.69, 9.17) is 11.6 Å². The van der Waals surface area contributed by atoms with E-state index in [9.17, 15) is 14.4 Å². The zero-order valence-electron chi connectivity index (χ0n) is 14.7. The Morgan fingerprint density at radius 1 is 0.926 bits per heavy atom. The SMILES string of the molecule is O=C(CN1CCN(Cc2ccccc2)C(=O)C1=O)NCc1ccccc1Cl. The van der Waals surface area contributed by atoms with Crippen molar-refractivity contribution in [3.63, 3.8) is 0 Å². The molecule has 1 aliphatic heterocycles. The van der Waals surface area contributed by atoms with Gasteiger partial charge in [0.15, 0.2) is 0 Å². The lowest BCUT2D eigenvalue weighted by molar-refractivity contribution is -0.157. The van der Waals surface area contributed by atoms with Crippen molar-refractivity contribution in [1.29, 1.82) is 0 Å². The monoisotopic (exact) mass is 385 g/mol. The third-order valence-corrected chi connectivity index (χ3v) is 4.75. The van der Waals surface area contributed by atoms with Gasteiger partial charge in [0, 0.05) is 31.2 Å². The standard InChI is InChI=1S/C20H20ClN3O3/c21-17-9-5-4-8-16(17)12-22-18(25)14-24-11-10-23(19(26)20(24)27)13-15-6-2-1-3-7-15/h1-9H,10-14H2,(H,22,25).